The number of benzene rings is 1. The predicted octanol–water partition coefficient (Wildman–Crippen LogP) is 3.18. The van der Waals surface area contributed by atoms with Crippen molar-refractivity contribution < 1.29 is 27.5 Å². The molecule has 5 rings (SSSR count). The molecule has 0 N–H and O–H groups in total. The second-order valence-corrected chi connectivity index (χ2v) is 12.1. The topological polar surface area (TPSA) is 111 Å². The lowest BCUT2D eigenvalue weighted by Crippen LogP contribution is -2.52. The van der Waals surface area contributed by atoms with Crippen LogP contribution in [0, 0.1) is 0 Å². The molecular formula is C25H32N4O6S. The van der Waals surface area contributed by atoms with Crippen molar-refractivity contribution in [3.05, 3.63) is 30.6 Å². The molecule has 194 valence electrons. The van der Waals surface area contributed by atoms with Crippen LogP contribution in [0.4, 0.5) is 16.2 Å². The Bertz CT molecular complexity index is 1240. The molecule has 2 fully saturated rings. The fourth-order valence-corrected chi connectivity index (χ4v) is 6.75. The molecule has 11 heteroatoms. The van der Waals surface area contributed by atoms with Gasteiger partial charge in [0.1, 0.15) is 15.9 Å². The van der Waals surface area contributed by atoms with Crippen LogP contribution in [0.5, 0.6) is 0 Å². The number of anilines is 2. The van der Waals surface area contributed by atoms with Crippen molar-refractivity contribution >= 4 is 33.2 Å². The molecule has 1 atom stereocenters. The molecule has 0 aliphatic carbocycles. The van der Waals surface area contributed by atoms with E-state index in [1.54, 1.807) is 16.0 Å². The molecule has 0 saturated carbocycles. The first-order valence-electron chi connectivity index (χ1n) is 12.5. The zero-order valence-corrected chi connectivity index (χ0v) is 21.4. The van der Waals surface area contributed by atoms with Crippen LogP contribution >= 0.6 is 0 Å². The third-order valence-electron chi connectivity index (χ3n) is 7.24. The Morgan fingerprint density at radius 2 is 1.78 bits per heavy atom. The van der Waals surface area contributed by atoms with E-state index >= 15 is 0 Å². The number of carbonyl (C=O) groups excluding carboxylic acids is 2. The minimum Gasteiger partial charge on any atom is -0.446 e. The Labute approximate surface area is 211 Å². The van der Waals surface area contributed by atoms with Gasteiger partial charge in [-0.15, -0.1) is 0 Å². The molecule has 4 heterocycles. The van der Waals surface area contributed by atoms with Gasteiger partial charge in [-0.05, 0) is 37.5 Å². The van der Waals surface area contributed by atoms with Crippen molar-refractivity contribution in [1.82, 2.24) is 9.78 Å². The van der Waals surface area contributed by atoms with Crippen LogP contribution in [0.15, 0.2) is 30.6 Å². The first-order chi connectivity index (χ1) is 17.2. The smallest absolute Gasteiger partial charge is 0.414 e. The summed E-state index contributed by atoms with van der Waals surface area (Å²) in [6, 6.07) is 5.52. The zero-order chi connectivity index (χ0) is 25.4. The highest BCUT2D eigenvalue weighted by atomic mass is 32.2. The molecule has 2 aromatic rings. The monoisotopic (exact) mass is 516 g/mol. The van der Waals surface area contributed by atoms with Crippen molar-refractivity contribution in [3.8, 4) is 11.1 Å². The summed E-state index contributed by atoms with van der Waals surface area (Å²) in [6.07, 6.45) is 5.50. The second kappa shape index (κ2) is 9.85. The Kier molecular flexibility index (Phi) is 6.78. The van der Waals surface area contributed by atoms with E-state index < -0.39 is 15.9 Å². The normalized spacial score (nSPS) is 22.8. The maximum Gasteiger partial charge on any atom is 0.414 e. The Morgan fingerprint density at radius 1 is 1.06 bits per heavy atom. The molecule has 1 unspecified atom stereocenters. The molecule has 1 aromatic heterocycles. The van der Waals surface area contributed by atoms with Gasteiger partial charge in [-0.3, -0.25) is 14.4 Å². The number of amides is 2. The van der Waals surface area contributed by atoms with Crippen LogP contribution in [-0.4, -0.2) is 73.6 Å². The number of rotatable bonds is 3. The molecule has 36 heavy (non-hydrogen) atoms. The van der Waals surface area contributed by atoms with Crippen LogP contribution in [0.2, 0.25) is 0 Å². The summed E-state index contributed by atoms with van der Waals surface area (Å²) in [5, 5.41) is 4.50. The average Bonchev–Trinajstić information content (AvgIpc) is 3.34. The predicted molar refractivity (Wildman–Crippen MR) is 135 cm³/mol. The van der Waals surface area contributed by atoms with Crippen LogP contribution in [0.3, 0.4) is 0 Å². The van der Waals surface area contributed by atoms with Gasteiger partial charge in [-0.1, -0.05) is 6.07 Å². The third-order valence-corrected chi connectivity index (χ3v) is 8.96. The largest absolute Gasteiger partial charge is 0.446 e. The zero-order valence-electron chi connectivity index (χ0n) is 20.6. The standard InChI is InChI=1S/C25H32N4O6S/c1-17-15-27(25(31)35-22-5-9-34-10-6-22)24-13-19(3-4-23(24)29(17)18(2)30)20-14-26-28(16-20)21-7-11-36(32,33)12-8-21/h3-4,13-14,16-17,21-22H,5-12,15H2,1-2H3. The van der Waals surface area contributed by atoms with E-state index in [0.29, 0.717) is 56.8 Å². The number of nitrogens with zero attached hydrogens (tertiary/aromatic N) is 4. The van der Waals surface area contributed by atoms with Gasteiger partial charge in [0, 0.05) is 38.1 Å². The fourth-order valence-electron chi connectivity index (χ4n) is 5.29. The Hall–Kier alpha value is -2.92. The van der Waals surface area contributed by atoms with Crippen LogP contribution in [-0.2, 0) is 24.1 Å². The van der Waals surface area contributed by atoms with Gasteiger partial charge in [0.15, 0.2) is 0 Å². The molecule has 3 aliphatic heterocycles. The quantitative estimate of drug-likeness (QED) is 0.616. The lowest BCUT2D eigenvalue weighted by Gasteiger charge is -2.41. The van der Waals surface area contributed by atoms with Gasteiger partial charge < -0.3 is 14.4 Å². The highest BCUT2D eigenvalue weighted by Gasteiger charge is 2.36. The van der Waals surface area contributed by atoms with Crippen molar-refractivity contribution in [1.29, 1.82) is 0 Å². The first kappa shape index (κ1) is 24.8. The van der Waals surface area contributed by atoms with E-state index in [1.165, 1.54) is 6.92 Å². The lowest BCUT2D eigenvalue weighted by atomic mass is 10.0. The number of carbonyl (C=O) groups is 2. The van der Waals surface area contributed by atoms with Crippen LogP contribution < -0.4 is 9.80 Å². The summed E-state index contributed by atoms with van der Waals surface area (Å²) in [5.74, 6) is 0.262. The number of sulfone groups is 1. The Balaban J connectivity index is 1.43. The molecule has 0 radical (unpaired) electrons. The van der Waals surface area contributed by atoms with Crippen LogP contribution in [0.25, 0.3) is 11.1 Å². The summed E-state index contributed by atoms with van der Waals surface area (Å²) in [7, 11) is -2.95. The lowest BCUT2D eigenvalue weighted by molar-refractivity contribution is -0.117. The SMILES string of the molecule is CC(=O)N1c2ccc(-c3cnn(C4CCS(=O)(=O)CC4)c3)cc2N(C(=O)OC2CCOCC2)CC1C. The van der Waals surface area contributed by atoms with E-state index in [9.17, 15) is 18.0 Å². The van der Waals surface area contributed by atoms with Gasteiger partial charge >= 0.3 is 6.09 Å². The summed E-state index contributed by atoms with van der Waals surface area (Å²) in [4.78, 5) is 29.1. The van der Waals surface area contributed by atoms with E-state index in [1.807, 2.05) is 36.0 Å². The van der Waals surface area contributed by atoms with E-state index in [2.05, 4.69) is 5.10 Å². The van der Waals surface area contributed by atoms with Gasteiger partial charge in [-0.2, -0.15) is 5.10 Å². The number of fused-ring (bicyclic) bond motifs is 1. The van der Waals surface area contributed by atoms with E-state index in [-0.39, 0.29) is 35.6 Å². The molecule has 0 bridgehead atoms. The van der Waals surface area contributed by atoms with Crippen molar-refractivity contribution in [2.45, 2.75) is 57.7 Å². The first-order valence-corrected chi connectivity index (χ1v) is 14.3. The minimum atomic E-state index is -2.95. The Morgan fingerprint density at radius 3 is 2.47 bits per heavy atom. The number of hydrogen-bond acceptors (Lipinski definition) is 7. The van der Waals surface area contributed by atoms with Gasteiger partial charge in [-0.25, -0.2) is 13.2 Å². The van der Waals surface area contributed by atoms with Crippen molar-refractivity contribution in [3.63, 3.8) is 0 Å². The average molecular weight is 517 g/mol. The molecular weight excluding hydrogens is 484 g/mol. The summed E-state index contributed by atoms with van der Waals surface area (Å²) in [6.45, 7) is 4.92. The molecule has 1 aromatic carbocycles. The highest BCUT2D eigenvalue weighted by molar-refractivity contribution is 7.91. The summed E-state index contributed by atoms with van der Waals surface area (Å²) >= 11 is 0. The summed E-state index contributed by atoms with van der Waals surface area (Å²) < 4.78 is 36.6. The maximum atomic E-state index is 13.3. The fraction of sp³-hybridized carbons (Fsp3) is 0.560. The summed E-state index contributed by atoms with van der Waals surface area (Å²) in [5.41, 5.74) is 3.00. The van der Waals surface area contributed by atoms with Crippen molar-refractivity contribution in [2.24, 2.45) is 0 Å². The molecule has 0 spiro atoms. The van der Waals surface area contributed by atoms with Crippen molar-refractivity contribution in [2.75, 3.05) is 41.1 Å². The van der Waals surface area contributed by atoms with Crippen LogP contribution in [0.1, 0.15) is 45.6 Å². The van der Waals surface area contributed by atoms with E-state index in [0.717, 1.165) is 11.1 Å². The molecule has 2 amide bonds. The number of hydrogen-bond donors (Lipinski definition) is 0. The van der Waals surface area contributed by atoms with Gasteiger partial charge in [0.25, 0.3) is 0 Å². The van der Waals surface area contributed by atoms with E-state index in [4.69, 9.17) is 9.47 Å². The second-order valence-electron chi connectivity index (χ2n) is 9.84. The van der Waals surface area contributed by atoms with Gasteiger partial charge in [0.05, 0.1) is 54.4 Å². The minimum absolute atomic E-state index is 0.0416. The molecule has 2 saturated heterocycles. The maximum absolute atomic E-state index is 13.3. The number of aromatic nitrogens is 2. The highest BCUT2D eigenvalue weighted by Crippen LogP contribution is 2.39. The molecule has 3 aliphatic rings. The van der Waals surface area contributed by atoms with Gasteiger partial charge in [0.2, 0.25) is 5.91 Å². The number of ether oxygens (including phenoxy) is 2. The molecule has 10 nitrogen and oxygen atoms in total. The third kappa shape index (κ3) is 4.99.